The number of nitrogens with zero attached hydrogens (tertiary/aromatic N) is 4. The summed E-state index contributed by atoms with van der Waals surface area (Å²) < 4.78 is 13.5. The van der Waals surface area contributed by atoms with Crippen LogP contribution in [0.2, 0.25) is 9.36 Å². The van der Waals surface area contributed by atoms with E-state index in [1.807, 2.05) is 31.2 Å². The molecule has 172 valence electrons. The number of pyridine rings is 2. The molecule has 0 aliphatic heterocycles. The van der Waals surface area contributed by atoms with Gasteiger partial charge in [-0.2, -0.15) is 4.74 Å². The fraction of sp³-hybridized carbons (Fsp3) is 0.167. The molecule has 0 aliphatic rings. The van der Waals surface area contributed by atoms with Gasteiger partial charge in [-0.15, -0.1) is 11.3 Å². The van der Waals surface area contributed by atoms with E-state index in [1.54, 1.807) is 24.7 Å². The average Bonchev–Trinajstić information content (AvgIpc) is 3.36. The van der Waals surface area contributed by atoms with Gasteiger partial charge in [0.2, 0.25) is 0 Å². The smallest absolute Gasteiger partial charge is 0.283 e. The molecular formula is C24H18Cl2N4O3S. The second-order valence-electron chi connectivity index (χ2n) is 7.67. The number of rotatable bonds is 6. The van der Waals surface area contributed by atoms with Crippen LogP contribution in [0.5, 0.6) is 5.75 Å². The van der Waals surface area contributed by atoms with Gasteiger partial charge in [0.1, 0.15) is 40.2 Å². The van der Waals surface area contributed by atoms with E-state index in [4.69, 9.17) is 37.4 Å². The number of hydrogen-bond donors (Lipinski definition) is 0. The fourth-order valence-electron chi connectivity index (χ4n) is 3.75. The van der Waals surface area contributed by atoms with E-state index in [0.29, 0.717) is 37.6 Å². The van der Waals surface area contributed by atoms with Crippen LogP contribution in [0.1, 0.15) is 22.7 Å². The summed E-state index contributed by atoms with van der Waals surface area (Å²) >= 11 is 14.2. The summed E-state index contributed by atoms with van der Waals surface area (Å²) in [4.78, 5) is 25.7. The quantitative estimate of drug-likeness (QED) is 0.275. The minimum atomic E-state index is -0.242. The molecule has 10 heteroatoms. The van der Waals surface area contributed by atoms with Gasteiger partial charge in [0.25, 0.3) is 5.56 Å². The van der Waals surface area contributed by atoms with Crippen LogP contribution in [-0.2, 0) is 13.2 Å². The van der Waals surface area contributed by atoms with Crippen molar-refractivity contribution in [3.05, 3.63) is 90.5 Å². The van der Waals surface area contributed by atoms with Crippen molar-refractivity contribution in [1.82, 2.24) is 19.7 Å². The highest BCUT2D eigenvalue weighted by molar-refractivity contribution is 7.14. The molecule has 0 N–H and O–H groups in total. The Morgan fingerprint density at radius 3 is 2.74 bits per heavy atom. The molecule has 0 amide bonds. The summed E-state index contributed by atoms with van der Waals surface area (Å²) in [5.74, 6) is 1.11. The van der Waals surface area contributed by atoms with E-state index in [1.165, 1.54) is 22.1 Å². The Labute approximate surface area is 208 Å². The van der Waals surface area contributed by atoms with Crippen molar-refractivity contribution >= 4 is 45.4 Å². The van der Waals surface area contributed by atoms with Crippen molar-refractivity contribution in [2.24, 2.45) is 0 Å². The SMILES string of the molecule is Cc1cc(-c2ncsc2Cl)c2cccc(OCc3c(Cl)ccnc3Cn3oc(C)cc3=O)c2n1. The number of hydrogen-bond acceptors (Lipinski definition) is 7. The summed E-state index contributed by atoms with van der Waals surface area (Å²) in [7, 11) is 0. The maximum absolute atomic E-state index is 12.1. The third kappa shape index (κ3) is 4.32. The molecule has 0 radical (unpaired) electrons. The lowest BCUT2D eigenvalue weighted by Gasteiger charge is -2.14. The maximum Gasteiger partial charge on any atom is 0.283 e. The first-order chi connectivity index (χ1) is 16.4. The van der Waals surface area contributed by atoms with Gasteiger partial charge < -0.3 is 9.26 Å². The molecule has 0 aliphatic carbocycles. The molecule has 0 saturated heterocycles. The minimum Gasteiger partial charge on any atom is -0.486 e. The summed E-state index contributed by atoms with van der Waals surface area (Å²) in [6, 6.07) is 10.8. The number of aryl methyl sites for hydroxylation is 2. The van der Waals surface area contributed by atoms with Crippen LogP contribution in [0.15, 0.2) is 57.4 Å². The van der Waals surface area contributed by atoms with Crippen LogP contribution in [0.3, 0.4) is 0 Å². The van der Waals surface area contributed by atoms with Crippen molar-refractivity contribution < 1.29 is 9.26 Å². The van der Waals surface area contributed by atoms with E-state index < -0.39 is 0 Å². The number of aromatic nitrogens is 4. The van der Waals surface area contributed by atoms with Gasteiger partial charge in [-0.25, -0.2) is 9.97 Å². The summed E-state index contributed by atoms with van der Waals surface area (Å²) in [5, 5.41) is 1.37. The lowest BCUT2D eigenvalue weighted by molar-refractivity contribution is 0.258. The molecule has 0 saturated carbocycles. The second kappa shape index (κ2) is 9.21. The highest BCUT2D eigenvalue weighted by Crippen LogP contribution is 2.37. The van der Waals surface area contributed by atoms with Gasteiger partial charge in [0, 0.05) is 34.5 Å². The lowest BCUT2D eigenvalue weighted by Crippen LogP contribution is -2.16. The normalized spacial score (nSPS) is 11.3. The lowest BCUT2D eigenvalue weighted by atomic mass is 10.0. The van der Waals surface area contributed by atoms with E-state index in [9.17, 15) is 4.79 Å². The Bertz CT molecular complexity index is 1570. The van der Waals surface area contributed by atoms with Crippen molar-refractivity contribution in [3.63, 3.8) is 0 Å². The fourth-order valence-corrected chi connectivity index (χ4v) is 4.77. The second-order valence-corrected chi connectivity index (χ2v) is 9.53. The van der Waals surface area contributed by atoms with E-state index in [-0.39, 0.29) is 18.7 Å². The summed E-state index contributed by atoms with van der Waals surface area (Å²) in [6.07, 6.45) is 1.59. The van der Waals surface area contributed by atoms with Crippen molar-refractivity contribution in [3.8, 4) is 17.0 Å². The zero-order chi connectivity index (χ0) is 23.8. The Kier molecular flexibility index (Phi) is 6.12. The summed E-state index contributed by atoms with van der Waals surface area (Å²) in [5.41, 5.74) is 5.85. The molecule has 1 aromatic carbocycles. The van der Waals surface area contributed by atoms with Gasteiger partial charge in [0.05, 0.1) is 16.2 Å². The molecule has 0 atom stereocenters. The average molecular weight is 513 g/mol. The van der Waals surface area contributed by atoms with Crippen molar-refractivity contribution in [2.75, 3.05) is 0 Å². The zero-order valence-electron chi connectivity index (χ0n) is 18.2. The van der Waals surface area contributed by atoms with Crippen LogP contribution in [-0.4, -0.2) is 19.7 Å². The van der Waals surface area contributed by atoms with Crippen molar-refractivity contribution in [1.29, 1.82) is 0 Å². The molecule has 5 rings (SSSR count). The third-order valence-electron chi connectivity index (χ3n) is 5.29. The molecule has 0 fully saturated rings. The van der Waals surface area contributed by atoms with Gasteiger partial charge in [-0.3, -0.25) is 9.78 Å². The maximum atomic E-state index is 12.1. The Morgan fingerprint density at radius 1 is 1.15 bits per heavy atom. The Morgan fingerprint density at radius 2 is 2.00 bits per heavy atom. The number of para-hydroxylation sites is 1. The number of benzene rings is 1. The minimum absolute atomic E-state index is 0.137. The van der Waals surface area contributed by atoms with Gasteiger partial charge >= 0.3 is 0 Å². The largest absolute Gasteiger partial charge is 0.486 e. The molecule has 7 nitrogen and oxygen atoms in total. The van der Waals surface area contributed by atoms with E-state index in [0.717, 1.165) is 22.3 Å². The topological polar surface area (TPSA) is 83.0 Å². The first kappa shape index (κ1) is 22.6. The first-order valence-electron chi connectivity index (χ1n) is 10.3. The first-order valence-corrected chi connectivity index (χ1v) is 12.0. The van der Waals surface area contributed by atoms with Crippen molar-refractivity contribution in [2.45, 2.75) is 27.0 Å². The molecular weight excluding hydrogens is 495 g/mol. The number of fused-ring (bicyclic) bond motifs is 1. The van der Waals surface area contributed by atoms with E-state index in [2.05, 4.69) is 9.97 Å². The molecule has 0 spiro atoms. The predicted octanol–water partition coefficient (Wildman–Crippen LogP) is 6.06. The van der Waals surface area contributed by atoms with Gasteiger partial charge in [-0.05, 0) is 32.0 Å². The van der Waals surface area contributed by atoms with Crippen LogP contribution >= 0.6 is 34.5 Å². The molecule has 0 bridgehead atoms. The Balaban J connectivity index is 1.51. The standard InChI is InChI=1S/C24H18Cl2N4O3S/c1-13-8-16(23-24(26)34-12-28-23)15-4-3-5-20(22(15)29-13)32-11-17-18(25)6-7-27-19(17)10-30-21(31)9-14(2)33-30/h3-9,12H,10-11H2,1-2H3. The summed E-state index contributed by atoms with van der Waals surface area (Å²) in [6.45, 7) is 3.91. The third-order valence-corrected chi connectivity index (χ3v) is 6.70. The van der Waals surface area contributed by atoms with Gasteiger partial charge in [0.15, 0.2) is 0 Å². The molecule has 5 aromatic rings. The van der Waals surface area contributed by atoms with Crippen LogP contribution in [0.25, 0.3) is 22.2 Å². The van der Waals surface area contributed by atoms with Gasteiger partial charge in [-0.1, -0.05) is 35.3 Å². The van der Waals surface area contributed by atoms with Crippen LogP contribution in [0, 0.1) is 13.8 Å². The van der Waals surface area contributed by atoms with Crippen LogP contribution in [0.4, 0.5) is 0 Å². The molecule has 34 heavy (non-hydrogen) atoms. The van der Waals surface area contributed by atoms with E-state index >= 15 is 0 Å². The highest BCUT2D eigenvalue weighted by atomic mass is 35.5. The molecule has 4 aromatic heterocycles. The number of ether oxygens (including phenoxy) is 1. The molecule has 0 unspecified atom stereocenters. The highest BCUT2D eigenvalue weighted by Gasteiger charge is 2.17. The Hall–Kier alpha value is -3.20. The van der Waals surface area contributed by atoms with Crippen LogP contribution < -0.4 is 10.3 Å². The zero-order valence-corrected chi connectivity index (χ0v) is 20.5. The predicted molar refractivity (Wildman–Crippen MR) is 133 cm³/mol. The molecule has 4 heterocycles. The number of halogens is 2. The number of thiazole rings is 1. The monoisotopic (exact) mass is 512 g/mol.